The van der Waals surface area contributed by atoms with Crippen LogP contribution < -0.4 is 10.3 Å². The number of nitro groups is 1. The zero-order valence-corrected chi connectivity index (χ0v) is 16.1. The Morgan fingerprint density at radius 2 is 1.82 bits per heavy atom. The number of likely N-dealkylation sites (tertiary alicyclic amines) is 1. The maximum atomic E-state index is 12.3. The Balaban J connectivity index is 1.43. The fraction of sp³-hybridized carbons (Fsp3) is 0.300. The van der Waals surface area contributed by atoms with Crippen LogP contribution in [0.5, 0.6) is 0 Å². The molecule has 1 saturated heterocycles. The lowest BCUT2D eigenvalue weighted by Gasteiger charge is -2.28. The van der Waals surface area contributed by atoms with E-state index in [1.807, 2.05) is 24.3 Å². The molecule has 3 rings (SSSR count). The molecule has 28 heavy (non-hydrogen) atoms. The van der Waals surface area contributed by atoms with Gasteiger partial charge in [0.2, 0.25) is 5.91 Å². The Labute approximate surface area is 168 Å². The lowest BCUT2D eigenvalue weighted by Crippen LogP contribution is -3.11. The van der Waals surface area contributed by atoms with Crippen molar-refractivity contribution in [3.05, 3.63) is 74.8 Å². The largest absolute Gasteiger partial charge is 0.331 e. The standard InChI is InChI=1S/C20H21ClN4O3/c21-18-5-1-16(2-6-18)14-24-11-9-17(10-12-24)20(26)23-22-13-15-3-7-19(8-4-15)25(27)28/h1-8,13,17H,9-12,14H2,(H,23,26)/p+1/b22-13-. The number of carbonyl (C=O) groups excluding carboxylic acids is 1. The predicted octanol–water partition coefficient (Wildman–Crippen LogP) is 2.19. The zero-order valence-electron chi connectivity index (χ0n) is 15.3. The normalized spacial score (nSPS) is 19.5. The van der Waals surface area contributed by atoms with Crippen molar-refractivity contribution in [3.63, 3.8) is 0 Å². The highest BCUT2D eigenvalue weighted by Gasteiger charge is 2.27. The Morgan fingerprint density at radius 1 is 1.18 bits per heavy atom. The first-order valence-electron chi connectivity index (χ1n) is 9.16. The van der Waals surface area contributed by atoms with Crippen LogP contribution in [0.2, 0.25) is 5.02 Å². The quantitative estimate of drug-likeness (QED) is 0.441. The molecule has 1 heterocycles. The van der Waals surface area contributed by atoms with Gasteiger partial charge in [-0.25, -0.2) is 5.43 Å². The summed E-state index contributed by atoms with van der Waals surface area (Å²) >= 11 is 5.92. The number of hydrazone groups is 1. The first-order chi connectivity index (χ1) is 13.5. The number of hydrogen-bond donors (Lipinski definition) is 2. The third-order valence-electron chi connectivity index (χ3n) is 4.92. The molecular formula is C20H22ClN4O3+. The number of nitro benzene ring substituents is 1. The third-order valence-corrected chi connectivity index (χ3v) is 5.18. The van der Waals surface area contributed by atoms with Gasteiger partial charge in [0.1, 0.15) is 6.54 Å². The number of halogens is 1. The van der Waals surface area contributed by atoms with Gasteiger partial charge in [-0.15, -0.1) is 0 Å². The Hall–Kier alpha value is -2.77. The van der Waals surface area contributed by atoms with Gasteiger partial charge in [-0.3, -0.25) is 14.9 Å². The van der Waals surface area contributed by atoms with Crippen LogP contribution in [0, 0.1) is 16.0 Å². The van der Waals surface area contributed by atoms with Crippen LogP contribution in [-0.4, -0.2) is 30.1 Å². The minimum Gasteiger partial charge on any atom is -0.331 e. The molecule has 2 N–H and O–H groups in total. The Morgan fingerprint density at radius 3 is 2.43 bits per heavy atom. The number of quaternary nitrogens is 1. The second-order valence-electron chi connectivity index (χ2n) is 6.91. The van der Waals surface area contributed by atoms with Gasteiger partial charge in [0.15, 0.2) is 0 Å². The molecule has 1 amide bonds. The van der Waals surface area contributed by atoms with Gasteiger partial charge in [0, 0.05) is 35.6 Å². The number of non-ortho nitro benzene ring substituents is 1. The molecule has 0 saturated carbocycles. The first-order valence-corrected chi connectivity index (χ1v) is 9.54. The molecule has 0 atom stereocenters. The van der Waals surface area contributed by atoms with Crippen LogP contribution in [0.25, 0.3) is 0 Å². The highest BCUT2D eigenvalue weighted by molar-refractivity contribution is 6.30. The SMILES string of the molecule is O=C(N/N=C\c1ccc([N+](=O)[O-])cc1)C1CC[NH+](Cc2ccc(Cl)cc2)CC1. The number of rotatable bonds is 6. The minimum atomic E-state index is -0.454. The molecule has 146 valence electrons. The molecule has 8 heteroatoms. The fourth-order valence-electron chi connectivity index (χ4n) is 3.30. The van der Waals surface area contributed by atoms with Crippen LogP contribution >= 0.6 is 11.6 Å². The molecule has 0 unspecified atom stereocenters. The van der Waals surface area contributed by atoms with Gasteiger partial charge in [0.25, 0.3) is 5.69 Å². The lowest BCUT2D eigenvalue weighted by atomic mass is 9.96. The summed E-state index contributed by atoms with van der Waals surface area (Å²) in [6.07, 6.45) is 3.13. The summed E-state index contributed by atoms with van der Waals surface area (Å²) in [5, 5.41) is 15.3. The van der Waals surface area contributed by atoms with E-state index in [0.29, 0.717) is 5.56 Å². The topological polar surface area (TPSA) is 89.0 Å². The lowest BCUT2D eigenvalue weighted by molar-refractivity contribution is -0.919. The number of nitrogens with one attached hydrogen (secondary N) is 2. The van der Waals surface area contributed by atoms with Gasteiger partial charge in [-0.2, -0.15) is 5.10 Å². The van der Waals surface area contributed by atoms with Crippen LogP contribution in [0.4, 0.5) is 5.69 Å². The van der Waals surface area contributed by atoms with E-state index in [0.717, 1.165) is 37.5 Å². The Bertz CT molecular complexity index is 845. The summed E-state index contributed by atoms with van der Waals surface area (Å²) in [7, 11) is 0. The molecule has 0 radical (unpaired) electrons. The molecule has 1 fully saturated rings. The van der Waals surface area contributed by atoms with Crippen LogP contribution in [0.3, 0.4) is 0 Å². The van der Waals surface area contributed by atoms with Crippen molar-refractivity contribution in [2.75, 3.05) is 13.1 Å². The van der Waals surface area contributed by atoms with Gasteiger partial charge in [-0.05, 0) is 29.8 Å². The van der Waals surface area contributed by atoms with Crippen molar-refractivity contribution in [2.45, 2.75) is 19.4 Å². The summed E-state index contributed by atoms with van der Waals surface area (Å²) < 4.78 is 0. The van der Waals surface area contributed by atoms with E-state index >= 15 is 0 Å². The Kier molecular flexibility index (Phi) is 6.73. The average Bonchev–Trinajstić information content (AvgIpc) is 2.70. The van der Waals surface area contributed by atoms with Crippen molar-refractivity contribution in [2.24, 2.45) is 11.0 Å². The van der Waals surface area contributed by atoms with Gasteiger partial charge < -0.3 is 4.90 Å². The number of carbonyl (C=O) groups is 1. The highest BCUT2D eigenvalue weighted by atomic mass is 35.5. The fourth-order valence-corrected chi connectivity index (χ4v) is 3.43. The molecule has 0 aromatic heterocycles. The number of nitrogens with zero attached hydrogens (tertiary/aromatic N) is 2. The van der Waals surface area contributed by atoms with Crippen LogP contribution in [0.1, 0.15) is 24.0 Å². The molecule has 0 spiro atoms. The van der Waals surface area contributed by atoms with Crippen molar-refractivity contribution in [1.29, 1.82) is 0 Å². The first kappa shape index (κ1) is 20.0. The zero-order chi connectivity index (χ0) is 19.9. The maximum Gasteiger partial charge on any atom is 0.269 e. The van der Waals surface area contributed by atoms with Crippen molar-refractivity contribution in [3.8, 4) is 0 Å². The van der Waals surface area contributed by atoms with Gasteiger partial charge in [0.05, 0.1) is 30.1 Å². The maximum absolute atomic E-state index is 12.3. The van der Waals surface area contributed by atoms with E-state index in [9.17, 15) is 14.9 Å². The predicted molar refractivity (Wildman–Crippen MR) is 107 cm³/mol. The van der Waals surface area contributed by atoms with E-state index in [1.165, 1.54) is 28.8 Å². The number of hydrogen-bond acceptors (Lipinski definition) is 4. The minimum absolute atomic E-state index is 0.0223. The summed E-state index contributed by atoms with van der Waals surface area (Å²) in [4.78, 5) is 23.9. The number of benzene rings is 2. The van der Waals surface area contributed by atoms with Crippen molar-refractivity contribution < 1.29 is 14.6 Å². The van der Waals surface area contributed by atoms with Gasteiger partial charge in [-0.1, -0.05) is 23.7 Å². The highest BCUT2D eigenvalue weighted by Crippen LogP contribution is 2.12. The monoisotopic (exact) mass is 401 g/mol. The summed E-state index contributed by atoms with van der Waals surface area (Å²) in [5.41, 5.74) is 4.54. The van der Waals surface area contributed by atoms with Crippen LogP contribution in [0.15, 0.2) is 53.6 Å². The molecule has 7 nitrogen and oxygen atoms in total. The summed E-state index contributed by atoms with van der Waals surface area (Å²) in [6.45, 7) is 2.81. The second-order valence-corrected chi connectivity index (χ2v) is 7.35. The molecule has 2 aromatic carbocycles. The van der Waals surface area contributed by atoms with E-state index in [4.69, 9.17) is 11.6 Å². The van der Waals surface area contributed by atoms with E-state index < -0.39 is 4.92 Å². The van der Waals surface area contributed by atoms with Crippen molar-refractivity contribution in [1.82, 2.24) is 5.43 Å². The average molecular weight is 402 g/mol. The molecule has 1 aliphatic heterocycles. The molecule has 0 bridgehead atoms. The van der Waals surface area contributed by atoms with E-state index in [2.05, 4.69) is 10.5 Å². The molecule has 1 aliphatic rings. The van der Waals surface area contributed by atoms with Gasteiger partial charge >= 0.3 is 0 Å². The summed E-state index contributed by atoms with van der Waals surface area (Å²) in [5.74, 6) is -0.119. The molecule has 2 aromatic rings. The smallest absolute Gasteiger partial charge is 0.269 e. The number of amides is 1. The van der Waals surface area contributed by atoms with Crippen LogP contribution in [-0.2, 0) is 11.3 Å². The molecule has 0 aliphatic carbocycles. The molecular weight excluding hydrogens is 380 g/mol. The summed E-state index contributed by atoms with van der Waals surface area (Å²) in [6, 6.07) is 13.9. The van der Waals surface area contributed by atoms with Crippen molar-refractivity contribution >= 4 is 29.4 Å². The number of piperidine rings is 1. The second kappa shape index (κ2) is 9.43. The van der Waals surface area contributed by atoms with E-state index in [1.54, 1.807) is 12.1 Å². The third kappa shape index (κ3) is 5.61. The van der Waals surface area contributed by atoms with E-state index in [-0.39, 0.29) is 17.5 Å².